The van der Waals surface area contributed by atoms with E-state index in [1.807, 2.05) is 26.0 Å². The molecular weight excluding hydrogens is 409 g/mol. The highest BCUT2D eigenvalue weighted by molar-refractivity contribution is 6.38. The second kappa shape index (κ2) is 7.71. The smallest absolute Gasteiger partial charge is 0.255 e. The second-order valence-electron chi connectivity index (χ2n) is 7.94. The highest BCUT2D eigenvalue weighted by atomic mass is 35.5. The Kier molecular flexibility index (Phi) is 5.40. The van der Waals surface area contributed by atoms with Gasteiger partial charge < -0.3 is 10.2 Å². The van der Waals surface area contributed by atoms with Crippen molar-refractivity contribution < 1.29 is 9.59 Å². The van der Waals surface area contributed by atoms with Crippen molar-refractivity contribution in [3.63, 3.8) is 0 Å². The SMILES string of the molecule is CC1=CC(C)=NC(=O)C1CN1CCc2c(Cl)cc(C(C)=C3CNC3)c(Cl)c2C1=O. The third kappa shape index (κ3) is 3.56. The summed E-state index contributed by atoms with van der Waals surface area (Å²) in [6.45, 7) is 8.19. The van der Waals surface area contributed by atoms with Crippen molar-refractivity contribution >= 4 is 46.3 Å². The Morgan fingerprint density at radius 1 is 1.28 bits per heavy atom. The minimum Gasteiger partial charge on any atom is -0.337 e. The molecule has 7 heteroatoms. The number of rotatable bonds is 3. The molecule has 1 atom stereocenters. The fourth-order valence-electron chi connectivity index (χ4n) is 4.14. The quantitative estimate of drug-likeness (QED) is 0.788. The van der Waals surface area contributed by atoms with Crippen LogP contribution in [-0.2, 0) is 11.2 Å². The molecule has 1 aromatic rings. The van der Waals surface area contributed by atoms with Crippen LogP contribution in [0.5, 0.6) is 0 Å². The molecule has 29 heavy (non-hydrogen) atoms. The highest BCUT2D eigenvalue weighted by Crippen LogP contribution is 2.39. The number of nitrogens with zero attached hydrogens (tertiary/aromatic N) is 2. The molecule has 0 aromatic heterocycles. The number of hydrogen-bond donors (Lipinski definition) is 1. The lowest BCUT2D eigenvalue weighted by molar-refractivity contribution is -0.120. The zero-order valence-corrected chi connectivity index (χ0v) is 18.2. The number of halogens is 2. The third-order valence-electron chi connectivity index (χ3n) is 6.03. The van der Waals surface area contributed by atoms with Gasteiger partial charge in [-0.05, 0) is 61.6 Å². The molecule has 1 aromatic carbocycles. The lowest BCUT2D eigenvalue weighted by atomic mass is 9.90. The van der Waals surface area contributed by atoms with E-state index in [9.17, 15) is 9.59 Å². The molecule has 1 N–H and O–H groups in total. The molecule has 3 aliphatic heterocycles. The molecule has 3 heterocycles. The van der Waals surface area contributed by atoms with Gasteiger partial charge in [0.05, 0.1) is 16.5 Å². The van der Waals surface area contributed by atoms with Gasteiger partial charge in [-0.1, -0.05) is 28.8 Å². The van der Waals surface area contributed by atoms with Crippen molar-refractivity contribution in [2.45, 2.75) is 27.2 Å². The van der Waals surface area contributed by atoms with E-state index in [1.165, 1.54) is 5.57 Å². The fourth-order valence-corrected chi connectivity index (χ4v) is 4.83. The van der Waals surface area contributed by atoms with Gasteiger partial charge >= 0.3 is 0 Å². The lowest BCUT2D eigenvalue weighted by Crippen LogP contribution is -2.43. The first-order valence-electron chi connectivity index (χ1n) is 9.75. The van der Waals surface area contributed by atoms with Crippen LogP contribution in [-0.4, -0.2) is 48.6 Å². The van der Waals surface area contributed by atoms with Gasteiger partial charge in [0.1, 0.15) is 0 Å². The second-order valence-corrected chi connectivity index (χ2v) is 8.72. The Morgan fingerprint density at radius 3 is 2.62 bits per heavy atom. The maximum Gasteiger partial charge on any atom is 0.255 e. The summed E-state index contributed by atoms with van der Waals surface area (Å²) in [5.74, 6) is -0.778. The number of allylic oxidation sites excluding steroid dienone is 2. The van der Waals surface area contributed by atoms with Crippen molar-refractivity contribution in [2.24, 2.45) is 10.9 Å². The van der Waals surface area contributed by atoms with Crippen molar-refractivity contribution in [1.29, 1.82) is 0 Å². The van der Waals surface area contributed by atoms with Crippen LogP contribution in [0.25, 0.3) is 5.57 Å². The van der Waals surface area contributed by atoms with Gasteiger partial charge in [0.25, 0.3) is 11.8 Å². The first-order valence-corrected chi connectivity index (χ1v) is 10.5. The average Bonchev–Trinajstić information content (AvgIpc) is 2.60. The van der Waals surface area contributed by atoms with Crippen molar-refractivity contribution in [3.8, 4) is 0 Å². The van der Waals surface area contributed by atoms with Gasteiger partial charge in [-0.15, -0.1) is 0 Å². The zero-order chi connectivity index (χ0) is 20.9. The van der Waals surface area contributed by atoms with Crippen LogP contribution in [0.3, 0.4) is 0 Å². The van der Waals surface area contributed by atoms with E-state index in [1.54, 1.807) is 11.8 Å². The Balaban J connectivity index is 1.68. The van der Waals surface area contributed by atoms with Crippen molar-refractivity contribution in [3.05, 3.63) is 50.0 Å². The molecule has 1 saturated heterocycles. The number of aliphatic imine (C=N–C) groups is 1. The summed E-state index contributed by atoms with van der Waals surface area (Å²) in [4.78, 5) is 31.5. The van der Waals surface area contributed by atoms with Crippen LogP contribution < -0.4 is 5.32 Å². The topological polar surface area (TPSA) is 61.8 Å². The molecular formula is C22H23Cl2N3O2. The van der Waals surface area contributed by atoms with Crippen LogP contribution in [0.4, 0.5) is 0 Å². The molecule has 0 aliphatic carbocycles. The van der Waals surface area contributed by atoms with Crippen molar-refractivity contribution in [1.82, 2.24) is 10.2 Å². The molecule has 152 valence electrons. The molecule has 0 saturated carbocycles. The van der Waals surface area contributed by atoms with E-state index in [0.717, 1.165) is 35.4 Å². The van der Waals surface area contributed by atoms with Crippen LogP contribution >= 0.6 is 23.2 Å². The first kappa shape index (κ1) is 20.3. The normalized spacial score (nSPS) is 21.5. The highest BCUT2D eigenvalue weighted by Gasteiger charge is 2.34. The fraction of sp³-hybridized carbons (Fsp3) is 0.409. The van der Waals surface area contributed by atoms with Crippen molar-refractivity contribution in [2.75, 3.05) is 26.2 Å². The van der Waals surface area contributed by atoms with E-state index < -0.39 is 5.92 Å². The zero-order valence-electron chi connectivity index (χ0n) is 16.7. The van der Waals surface area contributed by atoms with Crippen LogP contribution in [0.2, 0.25) is 10.0 Å². The monoisotopic (exact) mass is 431 g/mol. The van der Waals surface area contributed by atoms with Gasteiger partial charge in [-0.3, -0.25) is 9.59 Å². The summed E-state index contributed by atoms with van der Waals surface area (Å²) in [6, 6.07) is 1.88. The first-order chi connectivity index (χ1) is 13.8. The predicted molar refractivity (Wildman–Crippen MR) is 117 cm³/mol. The van der Waals surface area contributed by atoms with Crippen LogP contribution in [0.1, 0.15) is 42.3 Å². The number of carbonyl (C=O) groups excluding carboxylic acids is 2. The summed E-state index contributed by atoms with van der Waals surface area (Å²) >= 11 is 13.3. The number of benzene rings is 1. The predicted octanol–water partition coefficient (Wildman–Crippen LogP) is 3.93. The van der Waals surface area contributed by atoms with E-state index in [-0.39, 0.29) is 11.8 Å². The average molecular weight is 432 g/mol. The maximum atomic E-state index is 13.4. The van der Waals surface area contributed by atoms with E-state index >= 15 is 0 Å². The summed E-state index contributed by atoms with van der Waals surface area (Å²) in [5, 5.41) is 4.25. The lowest BCUT2D eigenvalue weighted by Gasteiger charge is -2.33. The molecule has 5 nitrogen and oxygen atoms in total. The molecule has 0 radical (unpaired) electrons. The Hall–Kier alpha value is -1.95. The van der Waals surface area contributed by atoms with Gasteiger partial charge in [0.2, 0.25) is 0 Å². The van der Waals surface area contributed by atoms with Crippen LogP contribution in [0.15, 0.2) is 28.3 Å². The van der Waals surface area contributed by atoms with E-state index in [4.69, 9.17) is 23.2 Å². The molecule has 0 spiro atoms. The summed E-state index contributed by atoms with van der Waals surface area (Å²) < 4.78 is 0. The standard InChI is InChI=1S/C22H23Cl2N3O2/c1-11-6-12(2)26-21(28)17(11)10-27-5-4-15-18(23)7-16(13(3)14-8-25-9-14)20(24)19(15)22(27)29/h6-7,17,25H,4-5,8-10H2,1-3H3. The summed E-state index contributed by atoms with van der Waals surface area (Å²) in [6.07, 6.45) is 2.52. The summed E-state index contributed by atoms with van der Waals surface area (Å²) in [5.41, 5.74) is 6.04. The Labute approximate surface area is 180 Å². The largest absolute Gasteiger partial charge is 0.337 e. The minimum atomic E-state index is -0.411. The number of amides is 2. The molecule has 0 bridgehead atoms. The molecule has 2 amide bonds. The number of dihydropyridines is 1. The van der Waals surface area contributed by atoms with Gasteiger partial charge in [0.15, 0.2) is 0 Å². The number of nitrogens with one attached hydrogen (secondary N) is 1. The number of hydrogen-bond acceptors (Lipinski definition) is 3. The molecule has 1 fully saturated rings. The maximum absolute atomic E-state index is 13.4. The molecule has 4 rings (SSSR count). The van der Waals surface area contributed by atoms with E-state index in [2.05, 4.69) is 10.3 Å². The van der Waals surface area contributed by atoms with E-state index in [0.29, 0.717) is 40.8 Å². The Morgan fingerprint density at radius 2 is 2.00 bits per heavy atom. The summed E-state index contributed by atoms with van der Waals surface area (Å²) in [7, 11) is 0. The minimum absolute atomic E-state index is 0.170. The Bertz CT molecular complexity index is 1020. The third-order valence-corrected chi connectivity index (χ3v) is 6.76. The number of carbonyl (C=O) groups is 2. The molecule has 3 aliphatic rings. The number of fused-ring (bicyclic) bond motifs is 1. The van der Waals surface area contributed by atoms with Gasteiger partial charge in [-0.2, -0.15) is 0 Å². The van der Waals surface area contributed by atoms with Gasteiger partial charge in [-0.25, -0.2) is 4.99 Å². The van der Waals surface area contributed by atoms with Gasteiger partial charge in [0, 0.05) is 36.9 Å². The molecule has 1 unspecified atom stereocenters. The van der Waals surface area contributed by atoms with Crippen LogP contribution in [0, 0.1) is 5.92 Å².